The number of benzene rings is 3. The van der Waals surface area contributed by atoms with Crippen molar-refractivity contribution in [3.63, 3.8) is 0 Å². The lowest BCUT2D eigenvalue weighted by molar-refractivity contribution is -0.136. The van der Waals surface area contributed by atoms with Crippen LogP contribution in [0.1, 0.15) is 39.4 Å². The zero-order chi connectivity index (χ0) is 28.5. The van der Waals surface area contributed by atoms with E-state index in [1.807, 2.05) is 49.4 Å². The number of aromatic nitrogens is 1. The molecule has 0 spiro atoms. The summed E-state index contributed by atoms with van der Waals surface area (Å²) in [6.45, 7) is 2.43. The largest absolute Gasteiger partial charge is 0.497 e. The topological polar surface area (TPSA) is 120 Å². The van der Waals surface area contributed by atoms with Crippen LogP contribution in [0.15, 0.2) is 71.1 Å². The monoisotopic (exact) mass is 544 g/mol. The Kier molecular flexibility index (Phi) is 9.40. The first-order valence-corrected chi connectivity index (χ1v) is 12.9. The summed E-state index contributed by atoms with van der Waals surface area (Å²) in [6.07, 6.45) is 0.849. The average Bonchev–Trinajstić information content (AvgIpc) is 3.35. The number of carboxylic acid groups (broad SMARTS) is 1. The van der Waals surface area contributed by atoms with Gasteiger partial charge in [0.15, 0.2) is 0 Å². The first-order valence-electron chi connectivity index (χ1n) is 12.9. The predicted octanol–water partition coefficient (Wildman–Crippen LogP) is 5.24. The van der Waals surface area contributed by atoms with Crippen LogP contribution in [0.25, 0.3) is 11.5 Å². The Labute approximate surface area is 232 Å². The van der Waals surface area contributed by atoms with Gasteiger partial charge in [-0.1, -0.05) is 24.3 Å². The average molecular weight is 545 g/mol. The van der Waals surface area contributed by atoms with Crippen LogP contribution in [-0.4, -0.2) is 42.8 Å². The van der Waals surface area contributed by atoms with Crippen LogP contribution >= 0.6 is 0 Å². The third-order valence-corrected chi connectivity index (χ3v) is 6.40. The lowest BCUT2D eigenvalue weighted by Gasteiger charge is -2.14. The van der Waals surface area contributed by atoms with Crippen molar-refractivity contribution in [3.05, 3.63) is 94.9 Å². The number of oxazole rings is 1. The second kappa shape index (κ2) is 13.3. The Hall–Kier alpha value is -4.79. The molecule has 9 heteroatoms. The van der Waals surface area contributed by atoms with Gasteiger partial charge >= 0.3 is 5.97 Å². The summed E-state index contributed by atoms with van der Waals surface area (Å²) in [5, 5.41) is 12.1. The molecule has 208 valence electrons. The maximum atomic E-state index is 13.0. The number of nitrogens with one attached hydrogen (secondary N) is 1. The van der Waals surface area contributed by atoms with Gasteiger partial charge < -0.3 is 29.1 Å². The van der Waals surface area contributed by atoms with Crippen LogP contribution in [-0.2, 0) is 24.2 Å². The van der Waals surface area contributed by atoms with Gasteiger partial charge in [-0.05, 0) is 60.9 Å². The minimum atomic E-state index is -0.892. The van der Waals surface area contributed by atoms with Crippen LogP contribution in [0.2, 0.25) is 0 Å². The highest BCUT2D eigenvalue weighted by molar-refractivity contribution is 5.97. The Morgan fingerprint density at radius 1 is 0.925 bits per heavy atom. The van der Waals surface area contributed by atoms with E-state index in [4.69, 9.17) is 18.6 Å². The van der Waals surface area contributed by atoms with Crippen LogP contribution < -0.4 is 19.5 Å². The number of carboxylic acids is 1. The van der Waals surface area contributed by atoms with E-state index < -0.39 is 5.97 Å². The summed E-state index contributed by atoms with van der Waals surface area (Å²) in [4.78, 5) is 28.8. The maximum Gasteiger partial charge on any atom is 0.303 e. The van der Waals surface area contributed by atoms with Crippen molar-refractivity contribution in [1.82, 2.24) is 10.3 Å². The maximum absolute atomic E-state index is 13.0. The number of amides is 1. The number of carbonyl (C=O) groups excluding carboxylic acids is 1. The molecule has 1 amide bonds. The Balaban J connectivity index is 1.44. The van der Waals surface area contributed by atoms with Gasteiger partial charge in [0.1, 0.15) is 23.0 Å². The fraction of sp³-hybridized carbons (Fsp3) is 0.258. The van der Waals surface area contributed by atoms with Crippen molar-refractivity contribution in [2.24, 2.45) is 0 Å². The summed E-state index contributed by atoms with van der Waals surface area (Å²) in [5.74, 6) is 1.66. The number of rotatable bonds is 13. The van der Waals surface area contributed by atoms with Crippen LogP contribution in [0.5, 0.6) is 17.2 Å². The predicted molar refractivity (Wildman–Crippen MR) is 149 cm³/mol. The molecule has 0 fully saturated rings. The first kappa shape index (κ1) is 28.2. The van der Waals surface area contributed by atoms with E-state index in [9.17, 15) is 14.7 Å². The standard InChI is InChI=1S/C31H32N2O7/c1-20-27(33-31(40-20)22-7-5-4-6-8-22)15-16-39-25-11-9-21(10-14-29(34)35)23(17-25)19-32-30(36)26-13-12-24(37-2)18-28(26)38-3/h4-9,11-13,17-18H,10,14-16,19H2,1-3H3,(H,32,36)(H,34,35). The van der Waals surface area contributed by atoms with Gasteiger partial charge in [0.2, 0.25) is 5.89 Å². The molecule has 0 radical (unpaired) electrons. The lowest BCUT2D eigenvalue weighted by Crippen LogP contribution is -2.24. The number of nitrogens with zero attached hydrogens (tertiary/aromatic N) is 1. The molecule has 4 rings (SSSR count). The smallest absolute Gasteiger partial charge is 0.303 e. The van der Waals surface area contributed by atoms with E-state index in [0.717, 1.165) is 28.1 Å². The highest BCUT2D eigenvalue weighted by Gasteiger charge is 2.15. The quantitative estimate of drug-likeness (QED) is 0.235. The van der Waals surface area contributed by atoms with Crippen LogP contribution in [0, 0.1) is 6.92 Å². The molecular weight excluding hydrogens is 512 g/mol. The molecule has 1 aromatic heterocycles. The summed E-state index contributed by atoms with van der Waals surface area (Å²) in [6, 6.07) is 20.1. The van der Waals surface area contributed by atoms with Crippen molar-refractivity contribution in [1.29, 1.82) is 0 Å². The fourth-order valence-electron chi connectivity index (χ4n) is 4.23. The molecular formula is C31H32N2O7. The molecule has 2 N–H and O–H groups in total. The number of hydrogen-bond donors (Lipinski definition) is 2. The van der Waals surface area contributed by atoms with Gasteiger partial charge in [0.25, 0.3) is 5.91 Å². The molecule has 0 atom stereocenters. The van der Waals surface area contributed by atoms with E-state index in [1.165, 1.54) is 14.2 Å². The SMILES string of the molecule is COc1ccc(C(=O)NCc2cc(OCCc3nc(-c4ccccc4)oc3C)ccc2CCC(=O)O)c(OC)c1. The number of carbonyl (C=O) groups is 2. The number of aryl methyl sites for hydroxylation is 2. The Morgan fingerprint density at radius 2 is 1.70 bits per heavy atom. The van der Waals surface area contributed by atoms with E-state index in [0.29, 0.717) is 48.2 Å². The van der Waals surface area contributed by atoms with Crippen molar-refractivity contribution in [2.45, 2.75) is 32.7 Å². The van der Waals surface area contributed by atoms with E-state index in [2.05, 4.69) is 10.3 Å². The molecule has 1 heterocycles. The van der Waals surface area contributed by atoms with E-state index in [1.54, 1.807) is 24.3 Å². The Bertz CT molecular complexity index is 1460. The highest BCUT2D eigenvalue weighted by atomic mass is 16.5. The molecule has 0 bridgehead atoms. The molecule has 3 aromatic carbocycles. The van der Waals surface area contributed by atoms with Crippen LogP contribution in [0.4, 0.5) is 0 Å². The van der Waals surface area contributed by atoms with Gasteiger partial charge in [-0.3, -0.25) is 9.59 Å². The zero-order valence-corrected chi connectivity index (χ0v) is 22.7. The van der Waals surface area contributed by atoms with Gasteiger partial charge in [0.05, 0.1) is 32.1 Å². The highest BCUT2D eigenvalue weighted by Crippen LogP contribution is 2.26. The summed E-state index contributed by atoms with van der Waals surface area (Å²) >= 11 is 0. The number of ether oxygens (including phenoxy) is 3. The van der Waals surface area contributed by atoms with Gasteiger partial charge in [-0.25, -0.2) is 4.98 Å². The third-order valence-electron chi connectivity index (χ3n) is 6.40. The zero-order valence-electron chi connectivity index (χ0n) is 22.7. The Morgan fingerprint density at radius 3 is 2.42 bits per heavy atom. The minimum Gasteiger partial charge on any atom is -0.497 e. The minimum absolute atomic E-state index is 0.0252. The molecule has 0 unspecified atom stereocenters. The van der Waals surface area contributed by atoms with E-state index in [-0.39, 0.29) is 18.9 Å². The molecule has 0 aliphatic heterocycles. The van der Waals surface area contributed by atoms with E-state index >= 15 is 0 Å². The third kappa shape index (κ3) is 7.19. The summed E-state index contributed by atoms with van der Waals surface area (Å²) in [7, 11) is 3.02. The molecule has 0 aliphatic carbocycles. The number of aliphatic carboxylic acids is 1. The van der Waals surface area contributed by atoms with Crippen molar-refractivity contribution in [2.75, 3.05) is 20.8 Å². The van der Waals surface area contributed by atoms with Gasteiger partial charge in [-0.15, -0.1) is 0 Å². The second-order valence-corrected chi connectivity index (χ2v) is 9.06. The van der Waals surface area contributed by atoms with Gasteiger partial charge in [0, 0.05) is 31.0 Å². The first-order chi connectivity index (χ1) is 19.4. The molecule has 0 saturated heterocycles. The molecule has 9 nitrogen and oxygen atoms in total. The van der Waals surface area contributed by atoms with Crippen LogP contribution in [0.3, 0.4) is 0 Å². The molecule has 0 saturated carbocycles. The summed E-state index contributed by atoms with van der Waals surface area (Å²) < 4.78 is 22.4. The molecule has 40 heavy (non-hydrogen) atoms. The van der Waals surface area contributed by atoms with Crippen molar-refractivity contribution < 1.29 is 33.3 Å². The fourth-order valence-corrected chi connectivity index (χ4v) is 4.23. The van der Waals surface area contributed by atoms with Crippen molar-refractivity contribution in [3.8, 4) is 28.7 Å². The van der Waals surface area contributed by atoms with Gasteiger partial charge in [-0.2, -0.15) is 0 Å². The molecule has 0 aliphatic rings. The number of methoxy groups -OCH3 is 2. The second-order valence-electron chi connectivity index (χ2n) is 9.06. The molecule has 4 aromatic rings. The van der Waals surface area contributed by atoms with Crippen molar-refractivity contribution >= 4 is 11.9 Å². The normalized spacial score (nSPS) is 10.7. The lowest BCUT2D eigenvalue weighted by atomic mass is 10.0. The number of hydrogen-bond acceptors (Lipinski definition) is 7. The summed E-state index contributed by atoms with van der Waals surface area (Å²) in [5.41, 5.74) is 3.67.